The molecule has 1 aromatic carbocycles. The van der Waals surface area contributed by atoms with E-state index in [1.807, 2.05) is 6.92 Å². The summed E-state index contributed by atoms with van der Waals surface area (Å²) in [7, 11) is 0. The van der Waals surface area contributed by atoms with Crippen LogP contribution in [0.2, 0.25) is 5.22 Å². The molecule has 0 spiro atoms. The Balaban J connectivity index is 2.43. The van der Waals surface area contributed by atoms with E-state index < -0.39 is 17.7 Å². The van der Waals surface area contributed by atoms with Gasteiger partial charge in [-0.25, -0.2) is 8.78 Å². The standard InChI is InChI=1S/C15H16ClF2NO/c1-3-6-19-15(13-4-5-14(16)20-13)10-7-9(2)11(17)8-12(10)18/h4-5,7-8,15,19H,3,6H2,1-2H3. The number of nitrogens with one attached hydrogen (secondary N) is 1. The van der Waals surface area contributed by atoms with Crippen molar-refractivity contribution in [1.82, 2.24) is 5.32 Å². The van der Waals surface area contributed by atoms with Gasteiger partial charge in [0, 0.05) is 11.6 Å². The third-order valence-corrected chi connectivity index (χ3v) is 3.27. The van der Waals surface area contributed by atoms with E-state index in [-0.39, 0.29) is 5.22 Å². The van der Waals surface area contributed by atoms with Crippen LogP contribution < -0.4 is 5.32 Å². The van der Waals surface area contributed by atoms with Gasteiger partial charge in [-0.1, -0.05) is 6.92 Å². The predicted octanol–water partition coefficient (Wildman–Crippen LogP) is 4.61. The Kier molecular flexibility index (Phi) is 4.78. The molecule has 0 aliphatic heterocycles. The molecule has 2 nitrogen and oxygen atoms in total. The van der Waals surface area contributed by atoms with E-state index in [0.717, 1.165) is 12.5 Å². The lowest BCUT2D eigenvalue weighted by Gasteiger charge is -2.18. The van der Waals surface area contributed by atoms with Crippen LogP contribution in [0.25, 0.3) is 0 Å². The van der Waals surface area contributed by atoms with Crippen LogP contribution in [0, 0.1) is 18.6 Å². The van der Waals surface area contributed by atoms with E-state index in [1.165, 1.54) is 6.07 Å². The first-order valence-corrected chi connectivity index (χ1v) is 6.85. The number of halogens is 3. The minimum atomic E-state index is -0.603. The van der Waals surface area contributed by atoms with Crippen LogP contribution >= 0.6 is 11.6 Å². The molecule has 1 aromatic heterocycles. The van der Waals surface area contributed by atoms with Gasteiger partial charge in [0.05, 0.1) is 6.04 Å². The number of furan rings is 1. The summed E-state index contributed by atoms with van der Waals surface area (Å²) >= 11 is 5.77. The average molecular weight is 300 g/mol. The van der Waals surface area contributed by atoms with Crippen LogP contribution in [0.15, 0.2) is 28.7 Å². The molecule has 20 heavy (non-hydrogen) atoms. The van der Waals surface area contributed by atoms with Crippen molar-refractivity contribution in [2.24, 2.45) is 0 Å². The van der Waals surface area contributed by atoms with Crippen molar-refractivity contribution in [2.75, 3.05) is 6.54 Å². The largest absolute Gasteiger partial charge is 0.448 e. The lowest BCUT2D eigenvalue weighted by Crippen LogP contribution is -2.24. The fraction of sp³-hybridized carbons (Fsp3) is 0.333. The fourth-order valence-corrected chi connectivity index (χ4v) is 2.19. The van der Waals surface area contributed by atoms with Crippen LogP contribution in [-0.4, -0.2) is 6.54 Å². The van der Waals surface area contributed by atoms with E-state index in [2.05, 4.69) is 5.32 Å². The van der Waals surface area contributed by atoms with Gasteiger partial charge in [0.1, 0.15) is 17.4 Å². The van der Waals surface area contributed by atoms with Crippen molar-refractivity contribution in [3.63, 3.8) is 0 Å². The highest BCUT2D eigenvalue weighted by Crippen LogP contribution is 2.29. The molecular formula is C15H16ClF2NO. The quantitative estimate of drug-likeness (QED) is 0.872. The first kappa shape index (κ1) is 15.0. The Morgan fingerprint density at radius 1 is 1.25 bits per heavy atom. The summed E-state index contributed by atoms with van der Waals surface area (Å²) in [6.45, 7) is 4.29. The first-order chi connectivity index (χ1) is 9.52. The van der Waals surface area contributed by atoms with Crippen LogP contribution in [0.1, 0.15) is 36.3 Å². The first-order valence-electron chi connectivity index (χ1n) is 6.47. The van der Waals surface area contributed by atoms with Gasteiger partial charge in [0.2, 0.25) is 0 Å². The second-order valence-electron chi connectivity index (χ2n) is 4.65. The van der Waals surface area contributed by atoms with Crippen molar-refractivity contribution < 1.29 is 13.2 Å². The molecule has 2 aromatic rings. The third kappa shape index (κ3) is 3.19. The van der Waals surface area contributed by atoms with Crippen molar-refractivity contribution in [2.45, 2.75) is 26.3 Å². The van der Waals surface area contributed by atoms with Gasteiger partial charge in [-0.3, -0.25) is 0 Å². The Morgan fingerprint density at radius 3 is 2.60 bits per heavy atom. The van der Waals surface area contributed by atoms with Crippen LogP contribution in [-0.2, 0) is 0 Å². The zero-order chi connectivity index (χ0) is 14.7. The maximum Gasteiger partial charge on any atom is 0.193 e. The summed E-state index contributed by atoms with van der Waals surface area (Å²) < 4.78 is 32.8. The summed E-state index contributed by atoms with van der Waals surface area (Å²) in [5, 5.41) is 3.43. The molecule has 0 saturated carbocycles. The van der Waals surface area contributed by atoms with E-state index in [4.69, 9.17) is 16.0 Å². The van der Waals surface area contributed by atoms with Gasteiger partial charge in [0.25, 0.3) is 0 Å². The molecule has 0 aliphatic rings. The zero-order valence-corrected chi connectivity index (χ0v) is 12.1. The summed E-state index contributed by atoms with van der Waals surface area (Å²) in [5.74, 6) is -0.652. The zero-order valence-electron chi connectivity index (χ0n) is 11.3. The van der Waals surface area contributed by atoms with Crippen LogP contribution in [0.3, 0.4) is 0 Å². The molecule has 0 fully saturated rings. The SMILES string of the molecule is CCCNC(c1ccc(Cl)o1)c1cc(C)c(F)cc1F. The fourth-order valence-electron chi connectivity index (χ4n) is 2.04. The highest BCUT2D eigenvalue weighted by molar-refractivity contribution is 6.28. The van der Waals surface area contributed by atoms with Gasteiger partial charge in [0.15, 0.2) is 5.22 Å². The topological polar surface area (TPSA) is 25.2 Å². The lowest BCUT2D eigenvalue weighted by molar-refractivity contribution is 0.435. The van der Waals surface area contributed by atoms with Crippen LogP contribution in [0.4, 0.5) is 8.78 Å². The normalized spacial score (nSPS) is 12.7. The molecule has 1 N–H and O–H groups in total. The maximum atomic E-state index is 14.0. The average Bonchev–Trinajstić information content (AvgIpc) is 2.82. The van der Waals surface area contributed by atoms with E-state index in [1.54, 1.807) is 19.1 Å². The van der Waals surface area contributed by atoms with Crippen molar-refractivity contribution in [3.05, 3.63) is 58.0 Å². The highest BCUT2D eigenvalue weighted by atomic mass is 35.5. The van der Waals surface area contributed by atoms with Crippen molar-refractivity contribution >= 4 is 11.6 Å². The van der Waals surface area contributed by atoms with E-state index >= 15 is 0 Å². The van der Waals surface area contributed by atoms with Gasteiger partial charge < -0.3 is 9.73 Å². The van der Waals surface area contributed by atoms with Crippen molar-refractivity contribution in [1.29, 1.82) is 0 Å². The van der Waals surface area contributed by atoms with Gasteiger partial charge in [-0.05, 0) is 55.3 Å². The summed E-state index contributed by atoms with van der Waals surface area (Å²) in [4.78, 5) is 0. The van der Waals surface area contributed by atoms with Crippen LogP contribution in [0.5, 0.6) is 0 Å². The molecule has 0 saturated heterocycles. The van der Waals surface area contributed by atoms with Gasteiger partial charge >= 0.3 is 0 Å². The molecule has 2 rings (SSSR count). The minimum Gasteiger partial charge on any atom is -0.448 e. The Morgan fingerprint density at radius 2 is 2.00 bits per heavy atom. The monoisotopic (exact) mass is 299 g/mol. The summed E-state index contributed by atoms with van der Waals surface area (Å²) in [6, 6.07) is 5.20. The molecule has 5 heteroatoms. The molecule has 0 bridgehead atoms. The lowest BCUT2D eigenvalue weighted by atomic mass is 10.0. The van der Waals surface area contributed by atoms with Gasteiger partial charge in [-0.15, -0.1) is 0 Å². The second kappa shape index (κ2) is 6.37. The molecule has 0 amide bonds. The Bertz CT molecular complexity index is 598. The number of hydrogen-bond acceptors (Lipinski definition) is 2. The molecule has 108 valence electrons. The highest BCUT2D eigenvalue weighted by Gasteiger charge is 2.22. The summed E-state index contributed by atoms with van der Waals surface area (Å²) in [6.07, 6.45) is 0.882. The molecule has 0 radical (unpaired) electrons. The molecule has 1 atom stereocenters. The van der Waals surface area contributed by atoms with E-state index in [9.17, 15) is 8.78 Å². The van der Waals surface area contributed by atoms with Gasteiger partial charge in [-0.2, -0.15) is 0 Å². The Labute approximate surface area is 121 Å². The molecule has 0 aliphatic carbocycles. The predicted molar refractivity (Wildman–Crippen MR) is 74.9 cm³/mol. The molecule has 1 unspecified atom stereocenters. The van der Waals surface area contributed by atoms with Crippen molar-refractivity contribution in [3.8, 4) is 0 Å². The minimum absolute atomic E-state index is 0.238. The third-order valence-electron chi connectivity index (χ3n) is 3.07. The molecule has 1 heterocycles. The molecular weight excluding hydrogens is 284 g/mol. The summed E-state index contributed by atoms with van der Waals surface area (Å²) in [5.41, 5.74) is 0.741. The second-order valence-corrected chi connectivity index (χ2v) is 5.02. The number of hydrogen-bond donors (Lipinski definition) is 1. The number of aryl methyl sites for hydroxylation is 1. The smallest absolute Gasteiger partial charge is 0.193 e. The number of benzene rings is 1. The maximum absolute atomic E-state index is 14.0. The number of rotatable bonds is 5. The Hall–Kier alpha value is -1.39. The van der Waals surface area contributed by atoms with E-state index in [0.29, 0.717) is 23.4 Å².